The topological polar surface area (TPSA) is 150 Å². The molecule has 3 aromatic rings. The van der Waals surface area contributed by atoms with Crippen LogP contribution < -0.4 is 16.0 Å². The summed E-state index contributed by atoms with van der Waals surface area (Å²) in [5, 5.41) is 18.2. The maximum absolute atomic E-state index is 12.9. The van der Waals surface area contributed by atoms with Crippen molar-refractivity contribution in [1.29, 1.82) is 0 Å². The number of rotatable bonds is 13. The molecule has 2 aromatic carbocycles. The van der Waals surface area contributed by atoms with E-state index in [2.05, 4.69) is 20.9 Å². The van der Waals surface area contributed by atoms with Crippen LogP contribution in [0, 0.1) is 0 Å². The lowest BCUT2D eigenvalue weighted by Crippen LogP contribution is -2.55. The van der Waals surface area contributed by atoms with Crippen molar-refractivity contribution in [2.75, 3.05) is 12.0 Å². The second-order valence-electron chi connectivity index (χ2n) is 8.73. The van der Waals surface area contributed by atoms with Gasteiger partial charge in [0.2, 0.25) is 11.8 Å². The molecule has 1 heterocycles. The number of carboxylic acid groups (broad SMARTS) is 1. The van der Waals surface area contributed by atoms with Gasteiger partial charge in [0.15, 0.2) is 0 Å². The van der Waals surface area contributed by atoms with E-state index in [-0.39, 0.29) is 13.0 Å². The molecule has 11 heteroatoms. The maximum atomic E-state index is 12.9. The summed E-state index contributed by atoms with van der Waals surface area (Å²) < 4.78 is 5.22. The Morgan fingerprint density at radius 1 is 0.947 bits per heavy atom. The molecular formula is C27H32N4O6S. The molecule has 0 radical (unpaired) electrons. The van der Waals surface area contributed by atoms with Gasteiger partial charge in [-0.25, -0.2) is 9.59 Å². The lowest BCUT2D eigenvalue weighted by atomic mass is 10.0. The summed E-state index contributed by atoms with van der Waals surface area (Å²) >= 11 is 1.50. The van der Waals surface area contributed by atoms with Crippen molar-refractivity contribution >= 4 is 46.5 Å². The van der Waals surface area contributed by atoms with Crippen molar-refractivity contribution in [2.24, 2.45) is 0 Å². The van der Waals surface area contributed by atoms with Gasteiger partial charge in [-0.1, -0.05) is 48.5 Å². The zero-order valence-corrected chi connectivity index (χ0v) is 22.0. The van der Waals surface area contributed by atoms with Crippen LogP contribution >= 0.6 is 11.8 Å². The van der Waals surface area contributed by atoms with Gasteiger partial charge < -0.3 is 30.8 Å². The Morgan fingerprint density at radius 2 is 1.66 bits per heavy atom. The molecule has 0 unspecified atom stereocenters. The third kappa shape index (κ3) is 8.27. The summed E-state index contributed by atoms with van der Waals surface area (Å²) in [6, 6.07) is 13.4. The van der Waals surface area contributed by atoms with Gasteiger partial charge >= 0.3 is 12.1 Å². The third-order valence-corrected chi connectivity index (χ3v) is 6.54. The molecule has 0 saturated heterocycles. The smallest absolute Gasteiger partial charge is 0.408 e. The number of amides is 3. The Bertz CT molecular complexity index is 1250. The predicted molar refractivity (Wildman–Crippen MR) is 146 cm³/mol. The van der Waals surface area contributed by atoms with Crippen molar-refractivity contribution in [1.82, 2.24) is 20.9 Å². The molecule has 3 rings (SSSR count). The van der Waals surface area contributed by atoms with Gasteiger partial charge in [0.05, 0.1) is 0 Å². The first kappa shape index (κ1) is 28.6. The number of para-hydroxylation sites is 1. The highest BCUT2D eigenvalue weighted by atomic mass is 32.2. The van der Waals surface area contributed by atoms with Crippen molar-refractivity contribution in [3.8, 4) is 0 Å². The molecule has 0 aliphatic rings. The fourth-order valence-electron chi connectivity index (χ4n) is 3.81. The zero-order valence-electron chi connectivity index (χ0n) is 21.2. The van der Waals surface area contributed by atoms with Gasteiger partial charge in [-0.2, -0.15) is 11.8 Å². The lowest BCUT2D eigenvalue weighted by Gasteiger charge is -2.22. The molecule has 0 spiro atoms. The molecule has 0 saturated carbocycles. The normalized spacial score (nSPS) is 13.2. The van der Waals surface area contributed by atoms with Gasteiger partial charge in [0.25, 0.3) is 0 Å². The van der Waals surface area contributed by atoms with E-state index in [1.165, 1.54) is 18.7 Å². The highest BCUT2D eigenvalue weighted by Gasteiger charge is 2.28. The van der Waals surface area contributed by atoms with E-state index in [1.54, 1.807) is 6.20 Å². The number of fused-ring (bicyclic) bond motifs is 1. The van der Waals surface area contributed by atoms with Crippen LogP contribution in [0.3, 0.4) is 0 Å². The molecule has 0 aliphatic carbocycles. The first-order valence-corrected chi connectivity index (χ1v) is 13.5. The molecular weight excluding hydrogens is 508 g/mol. The van der Waals surface area contributed by atoms with E-state index in [1.807, 2.05) is 60.9 Å². The van der Waals surface area contributed by atoms with Crippen LogP contribution in [0.5, 0.6) is 0 Å². The first-order chi connectivity index (χ1) is 18.3. The van der Waals surface area contributed by atoms with Crippen molar-refractivity contribution in [3.05, 3.63) is 71.9 Å². The number of benzene rings is 2. The molecule has 10 nitrogen and oxygen atoms in total. The molecule has 0 fully saturated rings. The Kier molecular flexibility index (Phi) is 10.6. The molecule has 0 bridgehead atoms. The van der Waals surface area contributed by atoms with E-state index < -0.39 is 42.0 Å². The number of carbonyl (C=O) groups is 4. The number of thioether (sulfide) groups is 1. The summed E-state index contributed by atoms with van der Waals surface area (Å²) in [4.78, 5) is 53.0. The maximum Gasteiger partial charge on any atom is 0.408 e. The second kappa shape index (κ2) is 14.1. The molecule has 202 valence electrons. The third-order valence-electron chi connectivity index (χ3n) is 5.90. The largest absolute Gasteiger partial charge is 0.480 e. The molecule has 3 atom stereocenters. The van der Waals surface area contributed by atoms with E-state index in [0.717, 1.165) is 22.0 Å². The van der Waals surface area contributed by atoms with Crippen molar-refractivity contribution in [3.63, 3.8) is 0 Å². The van der Waals surface area contributed by atoms with Gasteiger partial charge in [-0.3, -0.25) is 9.59 Å². The van der Waals surface area contributed by atoms with Crippen LogP contribution in [-0.4, -0.2) is 64.1 Å². The number of hydrogen-bond donors (Lipinski definition) is 5. The van der Waals surface area contributed by atoms with Crippen molar-refractivity contribution in [2.45, 2.75) is 44.5 Å². The van der Waals surface area contributed by atoms with E-state index in [4.69, 9.17) is 4.74 Å². The summed E-state index contributed by atoms with van der Waals surface area (Å²) in [7, 11) is 0. The van der Waals surface area contributed by atoms with Gasteiger partial charge in [0.1, 0.15) is 24.7 Å². The van der Waals surface area contributed by atoms with E-state index in [9.17, 15) is 24.3 Å². The molecule has 38 heavy (non-hydrogen) atoms. The highest BCUT2D eigenvalue weighted by molar-refractivity contribution is 7.98. The average Bonchev–Trinajstić information content (AvgIpc) is 3.32. The molecule has 3 amide bonds. The van der Waals surface area contributed by atoms with Crippen LogP contribution in [-0.2, 0) is 32.1 Å². The number of H-pyrrole nitrogens is 1. The number of aliphatic carboxylic acids is 1. The minimum absolute atomic E-state index is 0.0509. The van der Waals surface area contributed by atoms with Crippen LogP contribution in [0.15, 0.2) is 60.8 Å². The van der Waals surface area contributed by atoms with Crippen LogP contribution in [0.25, 0.3) is 10.9 Å². The fraction of sp³-hybridized carbons (Fsp3) is 0.333. The molecule has 0 aliphatic heterocycles. The number of aromatic nitrogens is 1. The van der Waals surface area contributed by atoms with Crippen molar-refractivity contribution < 1.29 is 29.0 Å². The summed E-state index contributed by atoms with van der Waals surface area (Å²) in [5.41, 5.74) is 2.42. The van der Waals surface area contributed by atoms with Gasteiger partial charge in [-0.05, 0) is 42.5 Å². The summed E-state index contributed by atoms with van der Waals surface area (Å²) in [6.45, 7) is 1.51. The highest BCUT2D eigenvalue weighted by Crippen LogP contribution is 2.19. The number of carbonyl (C=O) groups excluding carboxylic acids is 3. The Morgan fingerprint density at radius 3 is 2.37 bits per heavy atom. The second-order valence-corrected chi connectivity index (χ2v) is 9.72. The summed E-state index contributed by atoms with van der Waals surface area (Å²) in [5.74, 6) is -1.82. The number of hydrogen-bond acceptors (Lipinski definition) is 6. The lowest BCUT2D eigenvalue weighted by molar-refractivity contribution is -0.142. The average molecular weight is 541 g/mol. The minimum atomic E-state index is -1.19. The monoisotopic (exact) mass is 540 g/mol. The Balaban J connectivity index is 1.56. The Hall–Kier alpha value is -3.99. The first-order valence-electron chi connectivity index (χ1n) is 12.1. The van der Waals surface area contributed by atoms with Crippen LogP contribution in [0.2, 0.25) is 0 Å². The van der Waals surface area contributed by atoms with Gasteiger partial charge in [0, 0.05) is 23.5 Å². The predicted octanol–water partition coefficient (Wildman–Crippen LogP) is 2.83. The quantitative estimate of drug-likeness (QED) is 0.224. The molecule has 5 N–H and O–H groups in total. The zero-order chi connectivity index (χ0) is 27.5. The Labute approximate surface area is 224 Å². The number of carboxylic acids is 1. The summed E-state index contributed by atoms with van der Waals surface area (Å²) in [6.07, 6.45) is 3.23. The SMILES string of the molecule is CSCC[C@H](NC(=O)OCc1ccccc1)C(=O)N[C@@H](C)C(=O)N[C@@H](Cc1c[nH]c2ccccc12)C(=O)O. The number of alkyl carbamates (subject to hydrolysis) is 1. The minimum Gasteiger partial charge on any atom is -0.480 e. The van der Waals surface area contributed by atoms with E-state index >= 15 is 0 Å². The van der Waals surface area contributed by atoms with Crippen LogP contribution in [0.4, 0.5) is 4.79 Å². The standard InChI is InChI=1S/C27H32N4O6S/c1-17(24(32)30-23(26(34)35)14-19-15-28-21-11-7-6-10-20(19)21)29-25(33)22(12-13-38-2)31-27(36)37-16-18-8-4-3-5-9-18/h3-11,15,17,22-23,28H,12-14,16H2,1-2H3,(H,29,33)(H,30,32)(H,31,36)(H,34,35)/t17-,22-,23-/m0/s1. The number of ether oxygens (including phenoxy) is 1. The number of aromatic amines is 1. The number of nitrogens with one attached hydrogen (secondary N) is 4. The van der Waals surface area contributed by atoms with Gasteiger partial charge in [-0.15, -0.1) is 0 Å². The van der Waals surface area contributed by atoms with E-state index in [0.29, 0.717) is 12.2 Å². The van der Waals surface area contributed by atoms with Crippen LogP contribution in [0.1, 0.15) is 24.5 Å². The molecule has 1 aromatic heterocycles. The fourth-order valence-corrected chi connectivity index (χ4v) is 4.28.